The van der Waals surface area contributed by atoms with Crippen LogP contribution in [0.15, 0.2) is 48.5 Å². The van der Waals surface area contributed by atoms with E-state index in [4.69, 9.17) is 9.57 Å². The third-order valence-electron chi connectivity index (χ3n) is 3.91. The molecule has 150 valence electrons. The second-order valence-corrected chi connectivity index (χ2v) is 7.28. The highest BCUT2D eigenvalue weighted by atomic mass is 32.2. The van der Waals surface area contributed by atoms with Gasteiger partial charge < -0.3 is 13.8 Å². The van der Waals surface area contributed by atoms with Crippen LogP contribution in [-0.4, -0.2) is 27.0 Å². The fourth-order valence-electron chi connectivity index (χ4n) is 2.64. The molecule has 2 aromatic carbocycles. The molecular weight excluding hydrogens is 403 g/mol. The molecule has 3 rings (SSSR count). The molecule has 0 aromatic heterocycles. The number of hydrogen-bond donors (Lipinski definition) is 0. The molecule has 1 heterocycles. The predicted molar refractivity (Wildman–Crippen MR) is 91.0 cm³/mol. The fraction of sp³-hybridized carbons (Fsp3) is 0.235. The smallest absolute Gasteiger partial charge is 0.493 e. The molecular formula is C17H14F3NO6S. The number of hydrogen-bond acceptors (Lipinski definition) is 7. The summed E-state index contributed by atoms with van der Waals surface area (Å²) in [6, 6.07) is 11.8. The Bertz CT molecular complexity index is 978. The summed E-state index contributed by atoms with van der Waals surface area (Å²) in [6.07, 6.45) is -0.0148. The minimum Gasteiger partial charge on any atom is -0.493 e. The summed E-state index contributed by atoms with van der Waals surface area (Å²) in [5.41, 5.74) is -4.52. The molecule has 1 aliphatic rings. The van der Waals surface area contributed by atoms with Gasteiger partial charge in [-0.2, -0.15) is 26.7 Å². The Balaban J connectivity index is 1.94. The quantitative estimate of drug-likeness (QED) is 0.545. The third-order valence-corrected chi connectivity index (χ3v) is 4.88. The van der Waals surface area contributed by atoms with E-state index >= 15 is 0 Å². The van der Waals surface area contributed by atoms with Crippen molar-refractivity contribution >= 4 is 21.8 Å². The number of nitrogens with zero attached hydrogens (tertiary/aromatic N) is 1. The van der Waals surface area contributed by atoms with Gasteiger partial charge in [-0.1, -0.05) is 24.3 Å². The van der Waals surface area contributed by atoms with Gasteiger partial charge in [0.05, 0.1) is 19.2 Å². The molecule has 11 heteroatoms. The molecule has 0 amide bonds. The van der Waals surface area contributed by atoms with E-state index in [2.05, 4.69) is 4.18 Å². The van der Waals surface area contributed by atoms with E-state index in [1.54, 1.807) is 30.3 Å². The van der Waals surface area contributed by atoms with Crippen LogP contribution in [0.5, 0.6) is 11.5 Å². The molecule has 0 spiro atoms. The van der Waals surface area contributed by atoms with Gasteiger partial charge >= 0.3 is 21.6 Å². The minimum absolute atomic E-state index is 0.0148. The van der Waals surface area contributed by atoms with Gasteiger partial charge in [0.15, 0.2) is 11.5 Å². The molecule has 0 N–H and O–H groups in total. The van der Waals surface area contributed by atoms with Crippen molar-refractivity contribution in [2.45, 2.75) is 18.0 Å². The lowest BCUT2D eigenvalue weighted by molar-refractivity contribution is -0.139. The molecule has 0 aliphatic carbocycles. The summed E-state index contributed by atoms with van der Waals surface area (Å²) in [5, 5.41) is 1.37. The molecule has 28 heavy (non-hydrogen) atoms. The summed E-state index contributed by atoms with van der Waals surface area (Å²) in [4.78, 5) is 17.0. The Morgan fingerprint density at radius 1 is 1.11 bits per heavy atom. The first-order chi connectivity index (χ1) is 13.1. The second-order valence-electron chi connectivity index (χ2n) is 5.74. The van der Waals surface area contributed by atoms with Crippen LogP contribution in [0.3, 0.4) is 0 Å². The van der Waals surface area contributed by atoms with Crippen LogP contribution < -0.4 is 14.0 Å². The van der Waals surface area contributed by atoms with E-state index in [0.29, 0.717) is 11.3 Å². The van der Waals surface area contributed by atoms with Gasteiger partial charge in [-0.15, -0.1) is 0 Å². The second kappa shape index (κ2) is 7.23. The number of halogens is 3. The number of alkyl halides is 3. The third kappa shape index (κ3) is 3.84. The number of methoxy groups -OCH3 is 1. The van der Waals surface area contributed by atoms with Crippen molar-refractivity contribution in [3.63, 3.8) is 0 Å². The lowest BCUT2D eigenvalue weighted by Crippen LogP contribution is -2.28. The van der Waals surface area contributed by atoms with Crippen LogP contribution in [0.4, 0.5) is 18.9 Å². The monoisotopic (exact) mass is 417 g/mol. The van der Waals surface area contributed by atoms with Crippen molar-refractivity contribution in [1.29, 1.82) is 0 Å². The highest BCUT2D eigenvalue weighted by Crippen LogP contribution is 2.40. The summed E-state index contributed by atoms with van der Waals surface area (Å²) in [6.45, 7) is 0. The number of rotatable bonds is 5. The minimum atomic E-state index is -5.85. The Hall–Kier alpha value is -2.95. The van der Waals surface area contributed by atoms with Crippen LogP contribution in [0.1, 0.15) is 18.0 Å². The van der Waals surface area contributed by atoms with Crippen LogP contribution in [-0.2, 0) is 19.8 Å². The zero-order chi connectivity index (χ0) is 20.5. The van der Waals surface area contributed by atoms with Crippen molar-refractivity contribution in [3.8, 4) is 11.5 Å². The normalized spacial score (nSPS) is 17.4. The highest BCUT2D eigenvalue weighted by Gasteiger charge is 2.49. The first-order valence-corrected chi connectivity index (χ1v) is 9.27. The maximum absolute atomic E-state index is 12.5. The zero-order valence-electron chi connectivity index (χ0n) is 14.3. The fourth-order valence-corrected chi connectivity index (χ4v) is 3.11. The van der Waals surface area contributed by atoms with E-state index < -0.39 is 33.4 Å². The van der Waals surface area contributed by atoms with E-state index in [1.807, 2.05) is 0 Å². The van der Waals surface area contributed by atoms with Crippen molar-refractivity contribution in [2.24, 2.45) is 0 Å². The van der Waals surface area contributed by atoms with Crippen LogP contribution >= 0.6 is 0 Å². The Morgan fingerprint density at radius 2 is 1.79 bits per heavy atom. The number of hydroxylamine groups is 1. The summed E-state index contributed by atoms with van der Waals surface area (Å²) in [7, 11) is -4.70. The number of anilines is 1. The van der Waals surface area contributed by atoms with Gasteiger partial charge in [0.1, 0.15) is 6.04 Å². The van der Waals surface area contributed by atoms with Gasteiger partial charge in [-0.05, 0) is 29.8 Å². The van der Waals surface area contributed by atoms with E-state index in [0.717, 1.165) is 13.2 Å². The lowest BCUT2D eigenvalue weighted by Gasteiger charge is -2.24. The molecule has 7 nitrogen and oxygen atoms in total. The van der Waals surface area contributed by atoms with E-state index in [9.17, 15) is 26.4 Å². The Labute approximate surface area is 158 Å². The average Bonchev–Trinajstić information content (AvgIpc) is 3.03. The molecule has 0 bridgehead atoms. The van der Waals surface area contributed by atoms with Crippen molar-refractivity contribution in [2.75, 3.05) is 12.2 Å². The van der Waals surface area contributed by atoms with Gasteiger partial charge in [0.2, 0.25) is 0 Å². The number of benzene rings is 2. The van der Waals surface area contributed by atoms with Crippen LogP contribution in [0, 0.1) is 0 Å². The topological polar surface area (TPSA) is 82.1 Å². The summed E-state index contributed by atoms with van der Waals surface area (Å²) in [5.74, 6) is -1.36. The van der Waals surface area contributed by atoms with E-state index in [-0.39, 0.29) is 12.2 Å². The number of carbonyl (C=O) groups is 1. The molecule has 1 aliphatic heterocycles. The van der Waals surface area contributed by atoms with E-state index in [1.165, 1.54) is 17.2 Å². The first-order valence-electron chi connectivity index (χ1n) is 7.86. The summed E-state index contributed by atoms with van der Waals surface area (Å²) < 4.78 is 69.2. The maximum atomic E-state index is 12.5. The van der Waals surface area contributed by atoms with Crippen molar-refractivity contribution in [1.82, 2.24) is 0 Å². The average molecular weight is 417 g/mol. The Kier molecular flexibility index (Phi) is 5.11. The number of para-hydroxylation sites is 1. The number of ether oxygens (including phenoxy) is 1. The zero-order valence-corrected chi connectivity index (χ0v) is 15.2. The molecule has 0 saturated carbocycles. The molecule has 1 atom stereocenters. The first kappa shape index (κ1) is 19.8. The van der Waals surface area contributed by atoms with Crippen molar-refractivity contribution in [3.05, 3.63) is 54.1 Å². The van der Waals surface area contributed by atoms with Gasteiger partial charge in [0, 0.05) is 0 Å². The molecule has 2 aromatic rings. The summed E-state index contributed by atoms with van der Waals surface area (Å²) >= 11 is 0. The number of carbonyl (C=O) groups excluding carboxylic acids is 1. The molecule has 1 saturated heterocycles. The Morgan fingerprint density at radius 3 is 2.39 bits per heavy atom. The molecule has 1 fully saturated rings. The largest absolute Gasteiger partial charge is 0.534 e. The molecule has 1 unspecified atom stereocenters. The van der Waals surface area contributed by atoms with Crippen LogP contribution in [0.2, 0.25) is 0 Å². The molecule has 0 radical (unpaired) electrons. The van der Waals surface area contributed by atoms with Gasteiger partial charge in [-0.25, -0.2) is 4.79 Å². The maximum Gasteiger partial charge on any atom is 0.534 e. The van der Waals surface area contributed by atoms with Gasteiger partial charge in [-0.3, -0.25) is 0 Å². The van der Waals surface area contributed by atoms with Crippen LogP contribution in [0.25, 0.3) is 0 Å². The predicted octanol–water partition coefficient (Wildman–Crippen LogP) is 3.33. The SMILES string of the molecule is COc1cc(C2CC(=O)ON2c2ccccc2)ccc1OS(=O)(=O)C(F)(F)F. The van der Waals surface area contributed by atoms with Crippen molar-refractivity contribution < 1.29 is 40.1 Å². The van der Waals surface area contributed by atoms with Gasteiger partial charge in [0.25, 0.3) is 0 Å². The lowest BCUT2D eigenvalue weighted by atomic mass is 10.0. The highest BCUT2D eigenvalue weighted by molar-refractivity contribution is 7.88. The standard InChI is InChI=1S/C17H14F3NO6S/c1-25-15-9-11(7-8-14(15)27-28(23,24)17(18,19)20)13-10-16(22)26-21(13)12-5-3-2-4-6-12/h2-9,13H,10H2,1H3.